The van der Waals surface area contributed by atoms with Gasteiger partial charge < -0.3 is 10.2 Å². The van der Waals surface area contributed by atoms with Gasteiger partial charge in [-0.05, 0) is 37.1 Å². The standard InChI is InChI=1S/C17H22N6O/c1-22(2)17(24)12-23-9-3-4-14(23)13-5-6-19-15(10-13)21-16-11-18-7-8-20-16/h5-8,10-11,14H,3-4,9,12H2,1-2H3,(H,19,20,21)/t14-/m0/s1. The van der Waals surface area contributed by atoms with Gasteiger partial charge in [0.05, 0.1) is 12.7 Å². The maximum atomic E-state index is 12.0. The van der Waals surface area contributed by atoms with Crippen molar-refractivity contribution in [2.24, 2.45) is 0 Å². The van der Waals surface area contributed by atoms with Crippen LogP contribution in [0.3, 0.4) is 0 Å². The summed E-state index contributed by atoms with van der Waals surface area (Å²) in [4.78, 5) is 28.5. The molecule has 0 aromatic carbocycles. The van der Waals surface area contributed by atoms with E-state index in [1.54, 1.807) is 43.8 Å². The Morgan fingerprint density at radius 3 is 2.88 bits per heavy atom. The molecule has 1 atom stereocenters. The van der Waals surface area contributed by atoms with Crippen LogP contribution < -0.4 is 5.32 Å². The topological polar surface area (TPSA) is 74.2 Å². The number of nitrogens with one attached hydrogen (secondary N) is 1. The van der Waals surface area contributed by atoms with E-state index in [2.05, 4.69) is 25.2 Å². The van der Waals surface area contributed by atoms with Crippen molar-refractivity contribution in [3.63, 3.8) is 0 Å². The van der Waals surface area contributed by atoms with Crippen LogP contribution in [0.1, 0.15) is 24.4 Å². The molecule has 1 saturated heterocycles. The summed E-state index contributed by atoms with van der Waals surface area (Å²) in [6.45, 7) is 1.40. The maximum absolute atomic E-state index is 12.0. The van der Waals surface area contributed by atoms with Crippen molar-refractivity contribution in [2.45, 2.75) is 18.9 Å². The molecule has 2 aromatic heterocycles. The third-order valence-electron chi connectivity index (χ3n) is 4.19. The number of amides is 1. The number of carbonyl (C=O) groups is 1. The minimum atomic E-state index is 0.133. The Labute approximate surface area is 141 Å². The molecule has 0 aliphatic carbocycles. The molecule has 24 heavy (non-hydrogen) atoms. The van der Waals surface area contributed by atoms with Crippen LogP contribution in [0.15, 0.2) is 36.9 Å². The molecule has 126 valence electrons. The van der Waals surface area contributed by atoms with Gasteiger partial charge in [-0.15, -0.1) is 0 Å². The van der Waals surface area contributed by atoms with Crippen LogP contribution in [0.25, 0.3) is 0 Å². The van der Waals surface area contributed by atoms with Crippen molar-refractivity contribution < 1.29 is 4.79 Å². The molecule has 7 nitrogen and oxygen atoms in total. The fourth-order valence-electron chi connectivity index (χ4n) is 2.93. The Kier molecular flexibility index (Phi) is 5.00. The fraction of sp³-hybridized carbons (Fsp3) is 0.412. The van der Waals surface area contributed by atoms with Crippen molar-refractivity contribution in [2.75, 3.05) is 32.5 Å². The lowest BCUT2D eigenvalue weighted by molar-refractivity contribution is -0.130. The number of hydrogen-bond acceptors (Lipinski definition) is 6. The molecule has 1 fully saturated rings. The Hall–Kier alpha value is -2.54. The van der Waals surface area contributed by atoms with Gasteiger partial charge in [-0.25, -0.2) is 9.97 Å². The highest BCUT2D eigenvalue weighted by Gasteiger charge is 2.28. The number of likely N-dealkylation sites (tertiary alicyclic amines) is 1. The number of anilines is 2. The van der Waals surface area contributed by atoms with Crippen molar-refractivity contribution in [1.29, 1.82) is 0 Å². The average Bonchev–Trinajstić information content (AvgIpc) is 3.04. The smallest absolute Gasteiger partial charge is 0.236 e. The Balaban J connectivity index is 1.74. The van der Waals surface area contributed by atoms with E-state index in [0.717, 1.165) is 25.2 Å². The van der Waals surface area contributed by atoms with E-state index < -0.39 is 0 Å². The van der Waals surface area contributed by atoms with Gasteiger partial charge in [0.1, 0.15) is 11.6 Å². The Bertz CT molecular complexity index is 690. The normalized spacial score (nSPS) is 17.7. The molecule has 0 saturated carbocycles. The second kappa shape index (κ2) is 7.35. The van der Waals surface area contributed by atoms with Crippen molar-refractivity contribution in [3.05, 3.63) is 42.5 Å². The zero-order valence-corrected chi connectivity index (χ0v) is 14.0. The lowest BCUT2D eigenvalue weighted by Gasteiger charge is -2.25. The van der Waals surface area contributed by atoms with E-state index >= 15 is 0 Å². The number of likely N-dealkylation sites (N-methyl/N-ethyl adjacent to an activating group) is 1. The first-order chi connectivity index (χ1) is 11.6. The van der Waals surface area contributed by atoms with E-state index in [0.29, 0.717) is 12.4 Å². The van der Waals surface area contributed by atoms with Gasteiger partial charge in [-0.2, -0.15) is 0 Å². The van der Waals surface area contributed by atoms with Crippen LogP contribution in [0.2, 0.25) is 0 Å². The molecule has 1 N–H and O–H groups in total. The highest BCUT2D eigenvalue weighted by atomic mass is 16.2. The summed E-state index contributed by atoms with van der Waals surface area (Å²) in [5, 5.41) is 3.16. The van der Waals surface area contributed by atoms with Gasteiger partial charge in [-0.1, -0.05) is 0 Å². The molecule has 0 radical (unpaired) electrons. The Morgan fingerprint density at radius 1 is 1.29 bits per heavy atom. The summed E-state index contributed by atoms with van der Waals surface area (Å²) in [5.41, 5.74) is 1.17. The van der Waals surface area contributed by atoms with Crippen molar-refractivity contribution >= 4 is 17.5 Å². The average molecular weight is 326 g/mol. The van der Waals surface area contributed by atoms with Crippen LogP contribution in [0.5, 0.6) is 0 Å². The molecule has 3 rings (SSSR count). The van der Waals surface area contributed by atoms with E-state index in [1.165, 1.54) is 5.56 Å². The van der Waals surface area contributed by atoms with Gasteiger partial charge in [0.2, 0.25) is 5.91 Å². The summed E-state index contributed by atoms with van der Waals surface area (Å²) in [7, 11) is 3.59. The Morgan fingerprint density at radius 2 is 2.12 bits per heavy atom. The summed E-state index contributed by atoms with van der Waals surface area (Å²) >= 11 is 0. The highest BCUT2D eigenvalue weighted by molar-refractivity contribution is 5.77. The predicted molar refractivity (Wildman–Crippen MR) is 91.8 cm³/mol. The third-order valence-corrected chi connectivity index (χ3v) is 4.19. The minimum absolute atomic E-state index is 0.133. The number of nitrogens with zero attached hydrogens (tertiary/aromatic N) is 5. The predicted octanol–water partition coefficient (Wildman–Crippen LogP) is 1.84. The van der Waals surface area contributed by atoms with Crippen LogP contribution in [0, 0.1) is 0 Å². The molecule has 7 heteroatoms. The lowest BCUT2D eigenvalue weighted by Crippen LogP contribution is -2.36. The van der Waals surface area contributed by atoms with E-state index in [9.17, 15) is 4.79 Å². The third kappa shape index (κ3) is 3.86. The van der Waals surface area contributed by atoms with Crippen LogP contribution in [-0.2, 0) is 4.79 Å². The number of pyridine rings is 1. The van der Waals surface area contributed by atoms with E-state index in [1.807, 2.05) is 12.1 Å². The van der Waals surface area contributed by atoms with Gasteiger partial charge in [-0.3, -0.25) is 14.7 Å². The zero-order chi connectivity index (χ0) is 16.9. The molecule has 2 aromatic rings. The summed E-state index contributed by atoms with van der Waals surface area (Å²) in [6, 6.07) is 4.29. The number of hydrogen-bond donors (Lipinski definition) is 1. The molecule has 3 heterocycles. The molecule has 0 spiro atoms. The van der Waals surface area contributed by atoms with E-state index in [4.69, 9.17) is 0 Å². The lowest BCUT2D eigenvalue weighted by atomic mass is 10.1. The molecular weight excluding hydrogens is 304 g/mol. The van der Waals surface area contributed by atoms with Gasteiger partial charge in [0, 0.05) is 38.7 Å². The summed E-state index contributed by atoms with van der Waals surface area (Å²) in [6.07, 6.45) is 8.87. The SMILES string of the molecule is CN(C)C(=O)CN1CCC[C@H]1c1ccnc(Nc2cnccn2)c1. The molecule has 0 bridgehead atoms. The molecule has 1 aliphatic rings. The monoisotopic (exact) mass is 326 g/mol. The minimum Gasteiger partial charge on any atom is -0.348 e. The number of aromatic nitrogens is 3. The number of carbonyl (C=O) groups excluding carboxylic acids is 1. The van der Waals surface area contributed by atoms with E-state index in [-0.39, 0.29) is 11.9 Å². The van der Waals surface area contributed by atoms with Crippen LogP contribution in [-0.4, -0.2) is 57.8 Å². The molecule has 1 amide bonds. The first-order valence-electron chi connectivity index (χ1n) is 8.06. The first-order valence-corrected chi connectivity index (χ1v) is 8.06. The molecule has 0 unspecified atom stereocenters. The van der Waals surface area contributed by atoms with Crippen LogP contribution in [0.4, 0.5) is 11.6 Å². The molecular formula is C17H22N6O. The van der Waals surface area contributed by atoms with Crippen molar-refractivity contribution in [1.82, 2.24) is 24.8 Å². The largest absolute Gasteiger partial charge is 0.348 e. The second-order valence-electron chi connectivity index (χ2n) is 6.11. The van der Waals surface area contributed by atoms with Crippen LogP contribution >= 0.6 is 0 Å². The molecule has 1 aliphatic heterocycles. The maximum Gasteiger partial charge on any atom is 0.236 e. The fourth-order valence-corrected chi connectivity index (χ4v) is 2.93. The van der Waals surface area contributed by atoms with Gasteiger partial charge in [0.25, 0.3) is 0 Å². The number of rotatable bonds is 5. The van der Waals surface area contributed by atoms with Crippen molar-refractivity contribution in [3.8, 4) is 0 Å². The quantitative estimate of drug-likeness (QED) is 0.904. The first kappa shape index (κ1) is 16.3. The zero-order valence-electron chi connectivity index (χ0n) is 14.0. The second-order valence-corrected chi connectivity index (χ2v) is 6.11. The summed E-state index contributed by atoms with van der Waals surface area (Å²) < 4.78 is 0. The highest BCUT2D eigenvalue weighted by Crippen LogP contribution is 2.32. The van der Waals surface area contributed by atoms with Gasteiger partial charge in [0.15, 0.2) is 0 Å². The van der Waals surface area contributed by atoms with Gasteiger partial charge >= 0.3 is 0 Å². The summed E-state index contributed by atoms with van der Waals surface area (Å²) in [5.74, 6) is 1.53.